The fourth-order valence-corrected chi connectivity index (χ4v) is 5.35. The molecule has 0 radical (unpaired) electrons. The highest BCUT2D eigenvalue weighted by molar-refractivity contribution is 5.76. The van der Waals surface area contributed by atoms with E-state index < -0.39 is 0 Å². The molecule has 3 heterocycles. The number of carbonyl (C=O) groups excluding carboxylic acids is 1. The highest BCUT2D eigenvalue weighted by Crippen LogP contribution is 2.38. The fraction of sp³-hybridized carbons (Fsp3) is 0.188. The largest absolute Gasteiger partial charge is 0.497 e. The van der Waals surface area contributed by atoms with Crippen molar-refractivity contribution in [3.05, 3.63) is 131 Å². The number of rotatable bonds is 6. The number of fused-ring (bicyclic) bond motifs is 3. The van der Waals surface area contributed by atoms with E-state index in [4.69, 9.17) is 9.84 Å². The molecule has 0 bridgehead atoms. The summed E-state index contributed by atoms with van der Waals surface area (Å²) in [6.45, 7) is 2.98. The molecule has 196 valence electrons. The Morgan fingerprint density at radius 3 is 2.38 bits per heavy atom. The molecule has 7 nitrogen and oxygen atoms in total. The van der Waals surface area contributed by atoms with Crippen molar-refractivity contribution in [1.29, 1.82) is 0 Å². The lowest BCUT2D eigenvalue weighted by atomic mass is 10.0. The van der Waals surface area contributed by atoms with Gasteiger partial charge in [-0.05, 0) is 60.9 Å². The van der Waals surface area contributed by atoms with Crippen molar-refractivity contribution in [2.45, 2.75) is 25.9 Å². The van der Waals surface area contributed by atoms with Crippen molar-refractivity contribution in [3.8, 4) is 17.3 Å². The zero-order chi connectivity index (χ0) is 26.8. The zero-order valence-corrected chi connectivity index (χ0v) is 22.1. The van der Waals surface area contributed by atoms with Gasteiger partial charge in [0.2, 0.25) is 0 Å². The van der Waals surface area contributed by atoms with E-state index in [1.807, 2.05) is 83.2 Å². The van der Waals surface area contributed by atoms with E-state index in [9.17, 15) is 4.79 Å². The second kappa shape index (κ2) is 10.5. The van der Waals surface area contributed by atoms with Gasteiger partial charge in [0.15, 0.2) is 0 Å². The van der Waals surface area contributed by atoms with Crippen LogP contribution >= 0.6 is 0 Å². The lowest BCUT2D eigenvalue weighted by Gasteiger charge is -2.31. The Hall–Kier alpha value is -4.78. The number of urea groups is 1. The number of para-hydroxylation sites is 1. The number of aromatic nitrogens is 3. The molecule has 3 aromatic carbocycles. The molecule has 0 fully saturated rings. The molecule has 0 aliphatic carbocycles. The first-order valence-corrected chi connectivity index (χ1v) is 13.2. The topological polar surface area (TPSA) is 64.3 Å². The summed E-state index contributed by atoms with van der Waals surface area (Å²) in [5.41, 5.74) is 6.08. The van der Waals surface area contributed by atoms with E-state index in [1.165, 1.54) is 5.56 Å². The van der Waals surface area contributed by atoms with Crippen LogP contribution in [0.15, 0.2) is 103 Å². The van der Waals surface area contributed by atoms with Crippen LogP contribution in [0.3, 0.4) is 0 Å². The van der Waals surface area contributed by atoms with Crippen LogP contribution in [0.4, 0.5) is 4.79 Å². The lowest BCUT2D eigenvalue weighted by molar-refractivity contribution is 0.180. The summed E-state index contributed by atoms with van der Waals surface area (Å²) in [6, 6.07) is 32.0. The van der Waals surface area contributed by atoms with Gasteiger partial charge >= 0.3 is 6.03 Å². The molecular formula is C32H31N5O2. The summed E-state index contributed by atoms with van der Waals surface area (Å²) < 4.78 is 9.57. The second-order valence-electron chi connectivity index (χ2n) is 9.71. The van der Waals surface area contributed by atoms with E-state index in [0.717, 1.165) is 46.2 Å². The zero-order valence-electron chi connectivity index (χ0n) is 22.1. The number of nitrogens with one attached hydrogen (secondary N) is 1. The summed E-state index contributed by atoms with van der Waals surface area (Å²) in [4.78, 5) is 15.9. The van der Waals surface area contributed by atoms with Crippen LogP contribution in [0.1, 0.15) is 34.1 Å². The van der Waals surface area contributed by atoms with Crippen LogP contribution in [0.2, 0.25) is 0 Å². The van der Waals surface area contributed by atoms with Crippen LogP contribution in [-0.2, 0) is 13.0 Å². The van der Waals surface area contributed by atoms with Crippen molar-refractivity contribution < 1.29 is 9.53 Å². The minimum absolute atomic E-state index is 0.112. The quantitative estimate of drug-likeness (QED) is 0.308. The number of methoxy groups -OCH3 is 1. The normalized spacial score (nSPS) is 14.3. The highest BCUT2D eigenvalue weighted by atomic mass is 16.5. The predicted octanol–water partition coefficient (Wildman–Crippen LogP) is 5.84. The van der Waals surface area contributed by atoms with E-state index in [2.05, 4.69) is 46.4 Å². The number of carbonyl (C=O) groups is 1. The average Bonchev–Trinajstić information content (AvgIpc) is 3.54. The van der Waals surface area contributed by atoms with Gasteiger partial charge in [-0.2, -0.15) is 5.10 Å². The Balaban J connectivity index is 1.43. The maximum atomic E-state index is 13.9. The molecule has 39 heavy (non-hydrogen) atoms. The molecule has 0 saturated heterocycles. The third-order valence-electron chi connectivity index (χ3n) is 7.31. The molecule has 1 atom stereocenters. The van der Waals surface area contributed by atoms with Gasteiger partial charge in [-0.25, -0.2) is 9.48 Å². The SMILES string of the molecule is COc1ccc(C2c3cccn3-c3c(c(C)nn3-c3ccccc3)CN2C(=O)NCCc2ccccc2)cc1. The summed E-state index contributed by atoms with van der Waals surface area (Å²) in [5.74, 6) is 1.73. The van der Waals surface area contributed by atoms with E-state index in [0.29, 0.717) is 13.1 Å². The maximum absolute atomic E-state index is 13.9. The van der Waals surface area contributed by atoms with Crippen molar-refractivity contribution >= 4 is 6.03 Å². The molecule has 1 N–H and O–H groups in total. The Labute approximate surface area is 228 Å². The Bertz CT molecular complexity index is 1570. The third kappa shape index (κ3) is 4.68. The molecule has 1 unspecified atom stereocenters. The van der Waals surface area contributed by atoms with Crippen molar-refractivity contribution in [1.82, 2.24) is 24.6 Å². The van der Waals surface area contributed by atoms with Crippen LogP contribution in [0.5, 0.6) is 5.75 Å². The van der Waals surface area contributed by atoms with Gasteiger partial charge in [-0.3, -0.25) is 0 Å². The summed E-state index contributed by atoms with van der Waals surface area (Å²) >= 11 is 0. The summed E-state index contributed by atoms with van der Waals surface area (Å²) in [5, 5.41) is 8.11. The fourth-order valence-electron chi connectivity index (χ4n) is 5.35. The molecule has 1 aliphatic rings. The molecule has 6 rings (SSSR count). The second-order valence-corrected chi connectivity index (χ2v) is 9.71. The smallest absolute Gasteiger partial charge is 0.318 e. The monoisotopic (exact) mass is 517 g/mol. The van der Waals surface area contributed by atoms with Gasteiger partial charge in [0, 0.05) is 18.3 Å². The van der Waals surface area contributed by atoms with Gasteiger partial charge in [0.05, 0.1) is 36.8 Å². The number of nitrogens with zero attached hydrogens (tertiary/aromatic N) is 4. The molecule has 5 aromatic rings. The first kappa shape index (κ1) is 24.6. The Morgan fingerprint density at radius 1 is 0.949 bits per heavy atom. The van der Waals surface area contributed by atoms with Crippen LogP contribution in [-0.4, -0.2) is 38.9 Å². The lowest BCUT2D eigenvalue weighted by Crippen LogP contribution is -2.42. The Morgan fingerprint density at radius 2 is 1.67 bits per heavy atom. The average molecular weight is 518 g/mol. The predicted molar refractivity (Wildman–Crippen MR) is 152 cm³/mol. The first-order chi connectivity index (χ1) is 19.1. The maximum Gasteiger partial charge on any atom is 0.318 e. The highest BCUT2D eigenvalue weighted by Gasteiger charge is 2.35. The van der Waals surface area contributed by atoms with Crippen molar-refractivity contribution in [2.75, 3.05) is 13.7 Å². The van der Waals surface area contributed by atoms with E-state index in [-0.39, 0.29) is 12.1 Å². The van der Waals surface area contributed by atoms with Crippen LogP contribution in [0.25, 0.3) is 11.5 Å². The minimum Gasteiger partial charge on any atom is -0.497 e. The summed E-state index contributed by atoms with van der Waals surface area (Å²) in [7, 11) is 1.66. The van der Waals surface area contributed by atoms with Gasteiger partial charge in [-0.15, -0.1) is 0 Å². The summed E-state index contributed by atoms with van der Waals surface area (Å²) in [6.07, 6.45) is 2.82. The number of hydrogen-bond donors (Lipinski definition) is 1. The van der Waals surface area contributed by atoms with Crippen LogP contribution < -0.4 is 10.1 Å². The number of hydrogen-bond acceptors (Lipinski definition) is 3. The number of ether oxygens (including phenoxy) is 1. The molecule has 0 spiro atoms. The Kier molecular flexibility index (Phi) is 6.63. The molecule has 2 aromatic heterocycles. The third-order valence-corrected chi connectivity index (χ3v) is 7.31. The van der Waals surface area contributed by atoms with Crippen molar-refractivity contribution in [3.63, 3.8) is 0 Å². The number of aryl methyl sites for hydroxylation is 1. The molecule has 2 amide bonds. The molecule has 1 aliphatic heterocycles. The standard InChI is InChI=1S/C32H31N5O2/c1-23-28-22-36(32(38)33-20-19-24-10-5-3-6-11-24)30(25-15-17-27(39-2)18-16-25)29-14-9-21-35(29)31(28)37(34-23)26-12-7-4-8-13-26/h3-18,21,30H,19-20,22H2,1-2H3,(H,33,38). The van der Waals surface area contributed by atoms with E-state index >= 15 is 0 Å². The van der Waals surface area contributed by atoms with Gasteiger partial charge in [0.1, 0.15) is 11.6 Å². The van der Waals surface area contributed by atoms with Crippen LogP contribution in [0, 0.1) is 6.92 Å². The van der Waals surface area contributed by atoms with Crippen molar-refractivity contribution in [2.24, 2.45) is 0 Å². The van der Waals surface area contributed by atoms with E-state index in [1.54, 1.807) is 7.11 Å². The number of benzene rings is 3. The molecular weight excluding hydrogens is 486 g/mol. The van der Waals surface area contributed by atoms with Gasteiger partial charge in [0.25, 0.3) is 0 Å². The number of amides is 2. The first-order valence-electron chi connectivity index (χ1n) is 13.2. The minimum atomic E-state index is -0.307. The van der Waals surface area contributed by atoms with Gasteiger partial charge < -0.3 is 19.5 Å². The van der Waals surface area contributed by atoms with Gasteiger partial charge in [-0.1, -0.05) is 60.7 Å². The molecule has 7 heteroatoms. The molecule has 0 saturated carbocycles.